The first kappa shape index (κ1) is 10.1. The van der Waals surface area contributed by atoms with Crippen LogP contribution in [0, 0.1) is 6.92 Å². The Morgan fingerprint density at radius 3 is 2.73 bits per heavy atom. The zero-order valence-electron chi connectivity index (χ0n) is 8.23. The van der Waals surface area contributed by atoms with E-state index in [4.69, 9.17) is 0 Å². The van der Waals surface area contributed by atoms with Gasteiger partial charge in [0.2, 0.25) is 9.84 Å². The number of hydrogen-bond donors (Lipinski definition) is 0. The summed E-state index contributed by atoms with van der Waals surface area (Å²) in [6, 6.07) is 5.30. The molecule has 0 saturated carbocycles. The predicted octanol–water partition coefficient (Wildman–Crippen LogP) is 1.71. The highest BCUT2D eigenvalue weighted by atomic mass is 32.2. The molecule has 0 fully saturated rings. The Hall–Kier alpha value is -1.42. The molecule has 0 unspecified atom stereocenters. The Kier molecular flexibility index (Phi) is 2.23. The van der Waals surface area contributed by atoms with Gasteiger partial charge in [-0.15, -0.1) is 0 Å². The molecular weight excluding hydrogens is 212 g/mol. The lowest BCUT2D eigenvalue weighted by atomic mass is 10.0. The summed E-state index contributed by atoms with van der Waals surface area (Å²) in [6.07, 6.45) is 0.870. The predicted molar refractivity (Wildman–Crippen MR) is 57.0 cm³/mol. The highest BCUT2D eigenvalue weighted by Gasteiger charge is 2.27. The highest BCUT2D eigenvalue weighted by molar-refractivity contribution is 7.95. The number of benzene rings is 1. The Morgan fingerprint density at radius 1 is 1.33 bits per heavy atom. The third-order valence-corrected chi connectivity index (χ3v) is 4.15. The first-order valence-corrected chi connectivity index (χ1v) is 6.10. The third kappa shape index (κ3) is 1.51. The first-order valence-electron chi connectivity index (χ1n) is 4.55. The van der Waals surface area contributed by atoms with Crippen LogP contribution >= 0.6 is 0 Å². The Bertz CT molecular complexity index is 553. The van der Waals surface area contributed by atoms with Gasteiger partial charge in [-0.1, -0.05) is 18.2 Å². The maximum atomic E-state index is 11.8. The van der Waals surface area contributed by atoms with E-state index in [1.165, 1.54) is 5.41 Å². The third-order valence-electron chi connectivity index (χ3n) is 2.44. The van der Waals surface area contributed by atoms with Crippen molar-refractivity contribution in [1.29, 1.82) is 0 Å². The van der Waals surface area contributed by atoms with Gasteiger partial charge in [-0.2, -0.15) is 0 Å². The van der Waals surface area contributed by atoms with E-state index in [1.54, 1.807) is 25.1 Å². The summed E-state index contributed by atoms with van der Waals surface area (Å²) in [4.78, 5) is 10.8. The van der Waals surface area contributed by atoms with Gasteiger partial charge in [0.25, 0.3) is 0 Å². The number of aldehydes is 1. The van der Waals surface area contributed by atoms with Gasteiger partial charge in [0, 0.05) is 11.8 Å². The number of sulfone groups is 1. The molecule has 0 radical (unpaired) electrons. The van der Waals surface area contributed by atoms with Crippen molar-refractivity contribution in [3.8, 4) is 0 Å². The Labute approximate surface area is 88.3 Å². The van der Waals surface area contributed by atoms with E-state index in [0.717, 1.165) is 11.8 Å². The molecule has 4 heteroatoms. The second kappa shape index (κ2) is 3.31. The van der Waals surface area contributed by atoms with E-state index >= 15 is 0 Å². The largest absolute Gasteiger partial charge is 0.303 e. The van der Waals surface area contributed by atoms with Crippen molar-refractivity contribution < 1.29 is 13.2 Å². The molecule has 3 nitrogen and oxygen atoms in total. The van der Waals surface area contributed by atoms with Gasteiger partial charge in [-0.05, 0) is 23.6 Å². The normalized spacial score (nSPS) is 17.0. The van der Waals surface area contributed by atoms with E-state index in [9.17, 15) is 13.2 Å². The number of carbonyl (C=O) groups is 1. The van der Waals surface area contributed by atoms with Crippen LogP contribution in [0.5, 0.6) is 0 Å². The van der Waals surface area contributed by atoms with Crippen LogP contribution in [0.3, 0.4) is 0 Å². The van der Waals surface area contributed by atoms with Crippen LogP contribution in [0.25, 0.3) is 5.57 Å². The molecule has 0 aliphatic carbocycles. The van der Waals surface area contributed by atoms with Crippen molar-refractivity contribution in [3.05, 3.63) is 34.7 Å². The molecule has 1 heterocycles. The van der Waals surface area contributed by atoms with Crippen molar-refractivity contribution in [2.24, 2.45) is 0 Å². The molecule has 15 heavy (non-hydrogen) atoms. The maximum Gasteiger partial charge on any atom is 0.200 e. The van der Waals surface area contributed by atoms with Crippen LogP contribution in [-0.2, 0) is 14.6 Å². The lowest BCUT2D eigenvalue weighted by molar-refractivity contribution is -0.107. The second-order valence-electron chi connectivity index (χ2n) is 3.51. The summed E-state index contributed by atoms with van der Waals surface area (Å²) >= 11 is 0. The minimum absolute atomic E-state index is 0.148. The molecule has 0 N–H and O–H groups in total. The fourth-order valence-electron chi connectivity index (χ4n) is 1.84. The summed E-state index contributed by atoms with van der Waals surface area (Å²) in [6.45, 7) is 1.76. The number of fused-ring (bicyclic) bond motifs is 1. The summed E-state index contributed by atoms with van der Waals surface area (Å²) in [5.41, 5.74) is 1.98. The summed E-state index contributed by atoms with van der Waals surface area (Å²) < 4.78 is 23.5. The first-order chi connectivity index (χ1) is 7.06. The quantitative estimate of drug-likeness (QED) is 0.716. The van der Waals surface area contributed by atoms with E-state index in [1.807, 2.05) is 0 Å². The molecule has 1 aliphatic rings. The van der Waals surface area contributed by atoms with Crippen molar-refractivity contribution in [2.45, 2.75) is 18.2 Å². The van der Waals surface area contributed by atoms with E-state index in [-0.39, 0.29) is 6.42 Å². The average Bonchev–Trinajstić information content (AvgIpc) is 2.40. The van der Waals surface area contributed by atoms with Crippen molar-refractivity contribution in [2.75, 3.05) is 0 Å². The smallest absolute Gasteiger partial charge is 0.200 e. The molecule has 0 bridgehead atoms. The molecule has 0 aromatic heterocycles. The Balaban J connectivity index is 2.73. The minimum Gasteiger partial charge on any atom is -0.303 e. The Morgan fingerprint density at radius 2 is 2.07 bits per heavy atom. The zero-order valence-corrected chi connectivity index (χ0v) is 9.04. The average molecular weight is 222 g/mol. The number of rotatable bonds is 2. The summed E-state index contributed by atoms with van der Waals surface area (Å²) in [5.74, 6) is 0. The lowest BCUT2D eigenvalue weighted by Gasteiger charge is -2.03. The van der Waals surface area contributed by atoms with Crippen LogP contribution in [0.4, 0.5) is 0 Å². The molecule has 1 aliphatic heterocycles. The fraction of sp³-hybridized carbons (Fsp3) is 0.182. The van der Waals surface area contributed by atoms with Crippen LogP contribution in [-0.4, -0.2) is 14.7 Å². The van der Waals surface area contributed by atoms with Crippen LogP contribution < -0.4 is 0 Å². The van der Waals surface area contributed by atoms with Gasteiger partial charge in [-0.25, -0.2) is 8.42 Å². The highest BCUT2D eigenvalue weighted by Crippen LogP contribution is 2.36. The van der Waals surface area contributed by atoms with E-state index < -0.39 is 9.84 Å². The lowest BCUT2D eigenvalue weighted by Crippen LogP contribution is -1.96. The van der Waals surface area contributed by atoms with Gasteiger partial charge in [-0.3, -0.25) is 0 Å². The fourth-order valence-corrected chi connectivity index (χ4v) is 3.58. The monoisotopic (exact) mass is 222 g/mol. The number of carbonyl (C=O) groups excluding carboxylic acids is 1. The molecule has 1 aromatic carbocycles. The number of allylic oxidation sites excluding steroid dienone is 1. The van der Waals surface area contributed by atoms with Crippen LogP contribution in [0.15, 0.2) is 28.5 Å². The van der Waals surface area contributed by atoms with Gasteiger partial charge in [0.05, 0.1) is 4.90 Å². The van der Waals surface area contributed by atoms with Gasteiger partial charge in [0.1, 0.15) is 6.29 Å². The van der Waals surface area contributed by atoms with Crippen LogP contribution in [0.2, 0.25) is 0 Å². The van der Waals surface area contributed by atoms with Gasteiger partial charge in [0.15, 0.2) is 0 Å². The molecular formula is C11H10O3S. The maximum absolute atomic E-state index is 11.8. The number of aryl methyl sites for hydroxylation is 1. The molecule has 1 aromatic rings. The summed E-state index contributed by atoms with van der Waals surface area (Å²) in [7, 11) is -3.33. The van der Waals surface area contributed by atoms with E-state index in [2.05, 4.69) is 0 Å². The minimum atomic E-state index is -3.33. The second-order valence-corrected chi connectivity index (χ2v) is 5.24. The zero-order chi connectivity index (χ0) is 11.1. The van der Waals surface area contributed by atoms with Crippen molar-refractivity contribution in [3.63, 3.8) is 0 Å². The van der Waals surface area contributed by atoms with Crippen LogP contribution in [0.1, 0.15) is 17.5 Å². The molecule has 2 rings (SSSR count). The molecule has 0 saturated heterocycles. The summed E-state index contributed by atoms with van der Waals surface area (Å²) in [5, 5.41) is 1.19. The topological polar surface area (TPSA) is 51.2 Å². The van der Waals surface area contributed by atoms with Crippen molar-refractivity contribution in [1.82, 2.24) is 0 Å². The standard InChI is InChI=1S/C11H10O3S/c1-8-3-2-4-10-9(5-6-12)7-15(13,14)11(8)10/h2-4,6-7H,5H2,1H3. The molecule has 0 atom stereocenters. The van der Waals surface area contributed by atoms with E-state index in [0.29, 0.717) is 16.0 Å². The molecule has 0 amide bonds. The van der Waals surface area contributed by atoms with Gasteiger partial charge >= 0.3 is 0 Å². The van der Waals surface area contributed by atoms with Crippen molar-refractivity contribution >= 4 is 21.7 Å². The number of hydrogen-bond acceptors (Lipinski definition) is 3. The molecule has 0 spiro atoms. The van der Waals surface area contributed by atoms with Gasteiger partial charge < -0.3 is 4.79 Å². The SMILES string of the molecule is Cc1cccc2c1S(=O)(=O)C=C2CC=O. The molecule has 78 valence electrons.